The number of ether oxygens (including phenoxy) is 2. The lowest BCUT2D eigenvalue weighted by atomic mass is 9.96. The molecular weight excluding hydrogens is 535 g/mol. The highest BCUT2D eigenvalue weighted by molar-refractivity contribution is 6.23. The lowest BCUT2D eigenvalue weighted by Crippen LogP contribution is -1.98. The average molecular weight is 565 g/mol. The molecule has 0 saturated heterocycles. The first-order valence-corrected chi connectivity index (χ1v) is 14.3. The highest BCUT2D eigenvalue weighted by Crippen LogP contribution is 2.36. The molecule has 0 unspecified atom stereocenters. The second-order valence-electron chi connectivity index (χ2n) is 10.9. The van der Waals surface area contributed by atoms with Crippen LogP contribution in [0.15, 0.2) is 115 Å². The van der Waals surface area contributed by atoms with Crippen molar-refractivity contribution in [2.75, 3.05) is 0 Å². The number of benzene rings is 6. The third-order valence-electron chi connectivity index (χ3n) is 7.73. The minimum Gasteiger partial charge on any atom is -0.489 e. The van der Waals surface area contributed by atoms with Gasteiger partial charge in [0.15, 0.2) is 0 Å². The predicted molar refractivity (Wildman–Crippen MR) is 171 cm³/mol. The van der Waals surface area contributed by atoms with E-state index in [0.29, 0.717) is 18.9 Å². The molecule has 6 aromatic carbocycles. The van der Waals surface area contributed by atoms with E-state index in [0.717, 1.165) is 60.8 Å². The topological polar surface area (TPSA) is 44.2 Å². The van der Waals surface area contributed by atoms with E-state index in [1.54, 1.807) is 18.3 Å². The molecule has 210 valence electrons. The summed E-state index contributed by atoms with van der Waals surface area (Å²) in [5.41, 5.74) is 7.56. The van der Waals surface area contributed by atoms with Crippen LogP contribution in [0.5, 0.6) is 11.5 Å². The zero-order valence-corrected chi connectivity index (χ0v) is 24.0. The Kier molecular flexibility index (Phi) is 6.92. The lowest BCUT2D eigenvalue weighted by Gasteiger charge is -2.14. The Morgan fingerprint density at radius 3 is 1.60 bits per heavy atom. The van der Waals surface area contributed by atoms with Gasteiger partial charge in [0.1, 0.15) is 30.5 Å². The fourth-order valence-electron chi connectivity index (χ4n) is 5.36. The van der Waals surface area contributed by atoms with Crippen molar-refractivity contribution in [2.24, 2.45) is 0 Å². The molecule has 0 spiro atoms. The van der Waals surface area contributed by atoms with Gasteiger partial charge in [-0.1, -0.05) is 59.7 Å². The number of hydrogen-bond acceptors (Lipinski definition) is 4. The maximum Gasteiger partial charge on any atom is 0.123 e. The molecule has 0 aliphatic carbocycles. The summed E-state index contributed by atoms with van der Waals surface area (Å²) in [5.74, 6) is 1.37. The Morgan fingerprint density at radius 1 is 0.558 bits per heavy atom. The van der Waals surface area contributed by atoms with E-state index in [9.17, 15) is 4.39 Å². The van der Waals surface area contributed by atoms with Crippen LogP contribution in [0, 0.1) is 19.7 Å². The van der Waals surface area contributed by atoms with Gasteiger partial charge in [-0.05, 0) is 96.4 Å². The summed E-state index contributed by atoms with van der Waals surface area (Å²) in [4.78, 5) is 10.0. The number of aromatic nitrogens is 2. The van der Waals surface area contributed by atoms with Gasteiger partial charge in [-0.25, -0.2) is 9.37 Å². The van der Waals surface area contributed by atoms with Crippen LogP contribution in [0.3, 0.4) is 0 Å². The molecule has 0 bridgehead atoms. The fraction of sp³-hybridized carbons (Fsp3) is 0.105. The molecular formula is C38H29FN2O2. The number of rotatable bonds is 7. The van der Waals surface area contributed by atoms with Crippen LogP contribution in [0.25, 0.3) is 43.8 Å². The summed E-state index contributed by atoms with van der Waals surface area (Å²) in [6.45, 7) is 4.99. The highest BCUT2D eigenvalue weighted by atomic mass is 19.1. The van der Waals surface area contributed by atoms with Crippen molar-refractivity contribution in [3.63, 3.8) is 0 Å². The molecule has 7 rings (SSSR count). The Hall–Kier alpha value is -5.29. The zero-order chi connectivity index (χ0) is 29.3. The van der Waals surface area contributed by atoms with Gasteiger partial charge in [0, 0.05) is 16.3 Å². The van der Waals surface area contributed by atoms with Crippen molar-refractivity contribution in [3.05, 3.63) is 143 Å². The molecule has 7 aromatic rings. The highest BCUT2D eigenvalue weighted by Gasteiger charge is 2.14. The van der Waals surface area contributed by atoms with Gasteiger partial charge in [-0.2, -0.15) is 0 Å². The average Bonchev–Trinajstić information content (AvgIpc) is 3.04. The molecule has 0 N–H and O–H groups in total. The second-order valence-corrected chi connectivity index (χ2v) is 10.9. The number of fused-ring (bicyclic) bond motifs is 6. The van der Waals surface area contributed by atoms with Crippen LogP contribution < -0.4 is 9.47 Å². The summed E-state index contributed by atoms with van der Waals surface area (Å²) in [6.07, 6.45) is 1.76. The van der Waals surface area contributed by atoms with Gasteiger partial charge < -0.3 is 9.47 Å². The molecule has 43 heavy (non-hydrogen) atoms. The van der Waals surface area contributed by atoms with E-state index in [4.69, 9.17) is 19.4 Å². The standard InChI is InChI=1S/C38H29FN2O2/c1-24-3-13-30(14-4-24)42-22-26-7-17-32-33-18-8-27(23-43-31-15-5-25(2)6-16-31)20-35(33)38-37(34(32)19-26)40-21-36(41-38)28-9-11-29(39)12-10-28/h3-21H,22-23H2,1-2H3. The maximum absolute atomic E-state index is 13.7. The number of nitrogens with zero attached hydrogens (tertiary/aromatic N) is 2. The third-order valence-corrected chi connectivity index (χ3v) is 7.73. The van der Waals surface area contributed by atoms with Gasteiger partial charge >= 0.3 is 0 Å². The second kappa shape index (κ2) is 11.2. The van der Waals surface area contributed by atoms with Crippen LogP contribution >= 0.6 is 0 Å². The van der Waals surface area contributed by atoms with E-state index < -0.39 is 0 Å². The van der Waals surface area contributed by atoms with Crippen molar-refractivity contribution in [1.29, 1.82) is 0 Å². The van der Waals surface area contributed by atoms with Crippen molar-refractivity contribution >= 4 is 32.6 Å². The number of aryl methyl sites for hydroxylation is 2. The molecule has 0 aliphatic rings. The monoisotopic (exact) mass is 564 g/mol. The number of halogens is 1. The first-order chi connectivity index (χ1) is 21.0. The van der Waals surface area contributed by atoms with Gasteiger partial charge in [0.05, 0.1) is 22.9 Å². The first kappa shape index (κ1) is 26.6. The normalized spacial score (nSPS) is 11.3. The molecule has 0 saturated carbocycles. The Balaban J connectivity index is 1.33. The van der Waals surface area contributed by atoms with Crippen LogP contribution in [0.4, 0.5) is 4.39 Å². The zero-order valence-electron chi connectivity index (χ0n) is 24.0. The summed E-state index contributed by atoms with van der Waals surface area (Å²) in [6, 6.07) is 35.3. The molecule has 0 aliphatic heterocycles. The van der Waals surface area contributed by atoms with Crippen LogP contribution in [-0.4, -0.2) is 9.97 Å². The lowest BCUT2D eigenvalue weighted by molar-refractivity contribution is 0.306. The van der Waals surface area contributed by atoms with E-state index in [-0.39, 0.29) is 5.82 Å². The van der Waals surface area contributed by atoms with Crippen LogP contribution in [0.1, 0.15) is 22.3 Å². The summed E-state index contributed by atoms with van der Waals surface area (Å²) in [5, 5.41) is 4.18. The Bertz CT molecular complexity index is 2090. The molecule has 1 heterocycles. The molecule has 0 fully saturated rings. The van der Waals surface area contributed by atoms with Crippen molar-refractivity contribution in [3.8, 4) is 22.8 Å². The molecule has 0 amide bonds. The molecule has 4 nitrogen and oxygen atoms in total. The molecule has 0 atom stereocenters. The van der Waals surface area contributed by atoms with Gasteiger partial charge in [0.25, 0.3) is 0 Å². The summed E-state index contributed by atoms with van der Waals surface area (Å²) in [7, 11) is 0. The fourth-order valence-corrected chi connectivity index (χ4v) is 5.36. The minimum atomic E-state index is -0.285. The largest absolute Gasteiger partial charge is 0.489 e. The Labute approximate surface area is 249 Å². The maximum atomic E-state index is 13.7. The van der Waals surface area contributed by atoms with Crippen molar-refractivity contribution in [1.82, 2.24) is 9.97 Å². The molecule has 1 aromatic heterocycles. The van der Waals surface area contributed by atoms with Crippen molar-refractivity contribution < 1.29 is 13.9 Å². The molecule has 0 radical (unpaired) electrons. The SMILES string of the molecule is Cc1ccc(OCc2ccc3c4ccc(COc5ccc(C)cc5)cc4c4nc(-c5ccc(F)cc5)cnc4c3c2)cc1. The number of hydrogen-bond donors (Lipinski definition) is 0. The minimum absolute atomic E-state index is 0.285. The smallest absolute Gasteiger partial charge is 0.123 e. The quantitative estimate of drug-likeness (QED) is 0.181. The molecule has 5 heteroatoms. The van der Waals surface area contributed by atoms with E-state index in [2.05, 4.69) is 50.2 Å². The first-order valence-electron chi connectivity index (χ1n) is 14.3. The van der Waals surface area contributed by atoms with Gasteiger partial charge in [-0.3, -0.25) is 4.98 Å². The summed E-state index contributed by atoms with van der Waals surface area (Å²) >= 11 is 0. The van der Waals surface area contributed by atoms with E-state index >= 15 is 0 Å². The van der Waals surface area contributed by atoms with E-state index in [1.165, 1.54) is 23.3 Å². The predicted octanol–water partition coefficient (Wildman–Crippen LogP) is 9.52. The van der Waals surface area contributed by atoms with Crippen LogP contribution in [-0.2, 0) is 13.2 Å². The Morgan fingerprint density at radius 2 is 1.07 bits per heavy atom. The van der Waals surface area contributed by atoms with Gasteiger partial charge in [-0.15, -0.1) is 0 Å². The third kappa shape index (κ3) is 5.50. The summed E-state index contributed by atoms with van der Waals surface area (Å²) < 4.78 is 25.9. The van der Waals surface area contributed by atoms with Crippen LogP contribution in [0.2, 0.25) is 0 Å². The van der Waals surface area contributed by atoms with Gasteiger partial charge in [0.2, 0.25) is 0 Å². The van der Waals surface area contributed by atoms with Crippen molar-refractivity contribution in [2.45, 2.75) is 27.1 Å². The van der Waals surface area contributed by atoms with E-state index in [1.807, 2.05) is 48.5 Å².